The molecule has 0 fully saturated rings. The minimum Gasteiger partial charge on any atom is -0.477 e. The van der Waals surface area contributed by atoms with Gasteiger partial charge in [0.25, 0.3) is 5.89 Å². The average Bonchev–Trinajstić information content (AvgIpc) is 2.94. The lowest BCUT2D eigenvalue weighted by atomic mass is 10.2. The highest BCUT2D eigenvalue weighted by Gasteiger charge is 2.17. The molecular weight excluding hydrogens is 276 g/mol. The Kier molecular flexibility index (Phi) is 4.49. The van der Waals surface area contributed by atoms with Gasteiger partial charge in [-0.3, -0.25) is 10.1 Å². The van der Waals surface area contributed by atoms with E-state index in [1.54, 1.807) is 6.07 Å². The Morgan fingerprint density at radius 3 is 2.81 bits per heavy atom. The number of nitro benzene ring substituents is 1. The quantitative estimate of drug-likeness (QED) is 0.640. The second-order valence-electron chi connectivity index (χ2n) is 4.75. The molecule has 1 heterocycles. The monoisotopic (exact) mass is 292 g/mol. The van der Waals surface area contributed by atoms with Crippen LogP contribution in [0.3, 0.4) is 0 Å². The Morgan fingerprint density at radius 2 is 2.24 bits per heavy atom. The van der Waals surface area contributed by atoms with Crippen molar-refractivity contribution in [2.24, 2.45) is 5.73 Å². The van der Waals surface area contributed by atoms with Gasteiger partial charge in [-0.15, -0.1) is 0 Å². The summed E-state index contributed by atoms with van der Waals surface area (Å²) in [6.07, 6.45) is 0. The number of hydrogen-bond donors (Lipinski definition) is 1. The van der Waals surface area contributed by atoms with Crippen LogP contribution >= 0.6 is 0 Å². The minimum atomic E-state index is -0.512. The van der Waals surface area contributed by atoms with Crippen LogP contribution in [0.4, 0.5) is 5.69 Å². The smallest absolute Gasteiger partial charge is 0.311 e. The maximum absolute atomic E-state index is 11.0. The number of nitro groups is 1. The van der Waals surface area contributed by atoms with E-state index in [4.69, 9.17) is 15.0 Å². The summed E-state index contributed by atoms with van der Waals surface area (Å²) in [6.45, 7) is 4.07. The third-order valence-electron chi connectivity index (χ3n) is 2.81. The lowest BCUT2D eigenvalue weighted by molar-refractivity contribution is -0.386. The van der Waals surface area contributed by atoms with Crippen molar-refractivity contribution in [2.75, 3.05) is 0 Å². The SMILES string of the molecule is CC(C)c1noc(COc2ccc(CN)cc2[N+](=O)[O-])n1. The summed E-state index contributed by atoms with van der Waals surface area (Å²) >= 11 is 0. The van der Waals surface area contributed by atoms with Crippen LogP contribution in [0.2, 0.25) is 0 Å². The molecule has 0 atom stereocenters. The maximum atomic E-state index is 11.0. The maximum Gasteiger partial charge on any atom is 0.311 e. The van der Waals surface area contributed by atoms with Crippen LogP contribution in [-0.4, -0.2) is 15.1 Å². The third kappa shape index (κ3) is 3.54. The summed E-state index contributed by atoms with van der Waals surface area (Å²) < 4.78 is 10.4. The Balaban J connectivity index is 2.13. The van der Waals surface area contributed by atoms with Crippen molar-refractivity contribution in [2.45, 2.75) is 32.9 Å². The summed E-state index contributed by atoms with van der Waals surface area (Å²) in [5.74, 6) is 1.12. The van der Waals surface area contributed by atoms with Gasteiger partial charge in [0.2, 0.25) is 0 Å². The summed E-state index contributed by atoms with van der Waals surface area (Å²) in [5.41, 5.74) is 5.99. The molecule has 0 aliphatic carbocycles. The highest BCUT2D eigenvalue weighted by molar-refractivity contribution is 5.48. The van der Waals surface area contributed by atoms with E-state index in [-0.39, 0.29) is 36.4 Å². The second kappa shape index (κ2) is 6.31. The van der Waals surface area contributed by atoms with Gasteiger partial charge in [0, 0.05) is 18.5 Å². The number of nitrogens with zero attached hydrogens (tertiary/aromatic N) is 3. The van der Waals surface area contributed by atoms with Gasteiger partial charge in [-0.05, 0) is 11.6 Å². The number of aromatic nitrogens is 2. The third-order valence-corrected chi connectivity index (χ3v) is 2.81. The first-order valence-electron chi connectivity index (χ1n) is 6.44. The highest BCUT2D eigenvalue weighted by Crippen LogP contribution is 2.28. The fourth-order valence-corrected chi connectivity index (χ4v) is 1.66. The molecule has 8 heteroatoms. The van der Waals surface area contributed by atoms with Crippen molar-refractivity contribution < 1.29 is 14.2 Å². The molecule has 0 saturated carbocycles. The number of hydrogen-bond acceptors (Lipinski definition) is 7. The van der Waals surface area contributed by atoms with E-state index in [9.17, 15) is 10.1 Å². The summed E-state index contributed by atoms with van der Waals surface area (Å²) in [7, 11) is 0. The molecule has 0 radical (unpaired) electrons. The van der Waals surface area contributed by atoms with Crippen molar-refractivity contribution in [1.82, 2.24) is 10.1 Å². The topological polar surface area (TPSA) is 117 Å². The average molecular weight is 292 g/mol. The van der Waals surface area contributed by atoms with Crippen LogP contribution in [0.1, 0.15) is 37.0 Å². The first-order chi connectivity index (χ1) is 10.0. The molecule has 1 aromatic heterocycles. The lowest BCUT2D eigenvalue weighted by Gasteiger charge is -2.05. The number of benzene rings is 1. The normalized spacial score (nSPS) is 10.9. The predicted molar refractivity (Wildman–Crippen MR) is 73.7 cm³/mol. The van der Waals surface area contributed by atoms with E-state index in [1.807, 2.05) is 13.8 Å². The van der Waals surface area contributed by atoms with Crippen molar-refractivity contribution in [1.29, 1.82) is 0 Å². The summed E-state index contributed by atoms with van der Waals surface area (Å²) in [4.78, 5) is 14.7. The van der Waals surface area contributed by atoms with E-state index in [0.29, 0.717) is 11.4 Å². The second-order valence-corrected chi connectivity index (χ2v) is 4.75. The van der Waals surface area contributed by atoms with Gasteiger partial charge < -0.3 is 15.0 Å². The lowest BCUT2D eigenvalue weighted by Crippen LogP contribution is -2.02. The van der Waals surface area contributed by atoms with Gasteiger partial charge in [-0.1, -0.05) is 25.1 Å². The number of ether oxygens (including phenoxy) is 1. The zero-order valence-electron chi connectivity index (χ0n) is 11.8. The fraction of sp³-hybridized carbons (Fsp3) is 0.385. The van der Waals surface area contributed by atoms with Crippen LogP contribution in [-0.2, 0) is 13.2 Å². The molecule has 21 heavy (non-hydrogen) atoms. The van der Waals surface area contributed by atoms with Crippen LogP contribution < -0.4 is 10.5 Å². The predicted octanol–water partition coefficient (Wildman–Crippen LogP) is 2.14. The largest absolute Gasteiger partial charge is 0.477 e. The molecule has 2 rings (SSSR count). The molecular formula is C13H16N4O4. The van der Waals surface area contributed by atoms with Crippen LogP contribution in [0, 0.1) is 10.1 Å². The minimum absolute atomic E-state index is 0.0253. The fourth-order valence-electron chi connectivity index (χ4n) is 1.66. The van der Waals surface area contributed by atoms with Gasteiger partial charge in [-0.2, -0.15) is 4.98 Å². The van der Waals surface area contributed by atoms with Crippen molar-refractivity contribution in [3.63, 3.8) is 0 Å². The number of rotatable bonds is 6. The van der Waals surface area contributed by atoms with E-state index in [1.165, 1.54) is 12.1 Å². The van der Waals surface area contributed by atoms with Crippen LogP contribution in [0.15, 0.2) is 22.7 Å². The highest BCUT2D eigenvalue weighted by atomic mass is 16.6. The zero-order chi connectivity index (χ0) is 15.4. The first kappa shape index (κ1) is 14.9. The molecule has 8 nitrogen and oxygen atoms in total. The van der Waals surface area contributed by atoms with Crippen molar-refractivity contribution in [3.05, 3.63) is 45.6 Å². The van der Waals surface area contributed by atoms with Gasteiger partial charge in [0.15, 0.2) is 18.2 Å². The molecule has 0 saturated heterocycles. The Morgan fingerprint density at radius 1 is 1.48 bits per heavy atom. The molecule has 112 valence electrons. The molecule has 0 aliphatic rings. The van der Waals surface area contributed by atoms with Crippen LogP contribution in [0.25, 0.3) is 0 Å². The van der Waals surface area contributed by atoms with E-state index in [2.05, 4.69) is 10.1 Å². The van der Waals surface area contributed by atoms with E-state index < -0.39 is 4.92 Å². The molecule has 2 aromatic rings. The molecule has 0 bridgehead atoms. The van der Waals surface area contributed by atoms with Gasteiger partial charge in [0.05, 0.1) is 4.92 Å². The van der Waals surface area contributed by atoms with E-state index >= 15 is 0 Å². The summed E-state index contributed by atoms with van der Waals surface area (Å²) in [6, 6.07) is 4.58. The first-order valence-corrected chi connectivity index (χ1v) is 6.44. The molecule has 0 aliphatic heterocycles. The van der Waals surface area contributed by atoms with Gasteiger partial charge in [-0.25, -0.2) is 0 Å². The van der Waals surface area contributed by atoms with Crippen molar-refractivity contribution in [3.8, 4) is 5.75 Å². The van der Waals surface area contributed by atoms with Gasteiger partial charge in [0.1, 0.15) is 0 Å². The Labute approximate surface area is 121 Å². The Bertz CT molecular complexity index is 639. The standard InChI is InChI=1S/C13H16N4O4/c1-8(2)13-15-12(21-16-13)7-20-11-4-3-9(6-14)5-10(11)17(18)19/h3-5,8H,6-7,14H2,1-2H3. The van der Waals surface area contributed by atoms with Crippen LogP contribution in [0.5, 0.6) is 5.75 Å². The summed E-state index contributed by atoms with van der Waals surface area (Å²) in [5, 5.41) is 14.8. The molecule has 1 aromatic carbocycles. The Hall–Kier alpha value is -2.48. The zero-order valence-corrected chi connectivity index (χ0v) is 11.8. The molecule has 2 N–H and O–H groups in total. The molecule has 0 spiro atoms. The van der Waals surface area contributed by atoms with Crippen molar-refractivity contribution >= 4 is 5.69 Å². The number of nitrogens with two attached hydrogens (primary N) is 1. The molecule has 0 amide bonds. The molecule has 0 unspecified atom stereocenters. The van der Waals surface area contributed by atoms with E-state index in [0.717, 1.165) is 0 Å². The van der Waals surface area contributed by atoms with Gasteiger partial charge >= 0.3 is 5.69 Å².